The molecule has 25 heavy (non-hydrogen) atoms. The van der Waals surface area contributed by atoms with Crippen molar-refractivity contribution in [1.82, 2.24) is 19.5 Å². The van der Waals surface area contributed by atoms with Crippen molar-refractivity contribution in [1.29, 1.82) is 0 Å². The van der Waals surface area contributed by atoms with Crippen molar-refractivity contribution in [3.63, 3.8) is 0 Å². The first-order valence-electron chi connectivity index (χ1n) is 8.28. The Balaban J connectivity index is 1.77. The van der Waals surface area contributed by atoms with Gasteiger partial charge >= 0.3 is 0 Å². The molecule has 0 fully saturated rings. The van der Waals surface area contributed by atoms with Crippen LogP contribution in [0.3, 0.4) is 0 Å². The maximum Gasteiger partial charge on any atom is 0.175 e. The Morgan fingerprint density at radius 2 is 2.20 bits per heavy atom. The fraction of sp³-hybridized carbons (Fsp3) is 0.353. The van der Waals surface area contributed by atoms with E-state index < -0.39 is 0 Å². The average molecular weight is 356 g/mol. The van der Waals surface area contributed by atoms with Crippen molar-refractivity contribution in [2.75, 3.05) is 18.9 Å². The van der Waals surface area contributed by atoms with Crippen LogP contribution >= 0.6 is 11.8 Å². The summed E-state index contributed by atoms with van der Waals surface area (Å²) in [6, 6.07) is 4.30. The Hall–Kier alpha value is -2.32. The number of hydrogen-bond acceptors (Lipinski definition) is 7. The minimum absolute atomic E-state index is 0.396. The molecule has 1 aliphatic rings. The Kier molecular flexibility index (Phi) is 4.22. The van der Waals surface area contributed by atoms with Crippen LogP contribution in [0.5, 0.6) is 5.75 Å². The maximum absolute atomic E-state index is 5.98. The monoisotopic (exact) mass is 356 g/mol. The van der Waals surface area contributed by atoms with Gasteiger partial charge in [0, 0.05) is 17.9 Å². The Morgan fingerprint density at radius 1 is 1.32 bits per heavy atom. The molecule has 4 rings (SSSR count). The van der Waals surface area contributed by atoms with E-state index in [0.29, 0.717) is 17.9 Å². The predicted molar refractivity (Wildman–Crippen MR) is 97.9 cm³/mol. The van der Waals surface area contributed by atoms with Gasteiger partial charge in [0.1, 0.15) is 12.1 Å². The van der Waals surface area contributed by atoms with E-state index in [1.54, 1.807) is 11.8 Å². The first kappa shape index (κ1) is 16.2. The van der Waals surface area contributed by atoms with E-state index in [4.69, 9.17) is 16.2 Å². The van der Waals surface area contributed by atoms with E-state index in [1.165, 1.54) is 17.5 Å². The number of hydrogen-bond donors (Lipinski definition) is 2. The van der Waals surface area contributed by atoms with Gasteiger partial charge in [-0.3, -0.25) is 0 Å². The van der Waals surface area contributed by atoms with Gasteiger partial charge in [0.25, 0.3) is 0 Å². The summed E-state index contributed by atoms with van der Waals surface area (Å²) in [6.45, 7) is 4.22. The zero-order valence-electron chi connectivity index (χ0n) is 14.0. The molecule has 8 heteroatoms. The molecule has 3 aromatic rings. The molecule has 0 bridgehead atoms. The van der Waals surface area contributed by atoms with Gasteiger partial charge in [0.05, 0.1) is 6.61 Å². The molecule has 0 unspecified atom stereocenters. The number of fused-ring (bicyclic) bond motifs is 2. The van der Waals surface area contributed by atoms with E-state index in [-0.39, 0.29) is 0 Å². The molecule has 0 saturated heterocycles. The maximum atomic E-state index is 5.98. The van der Waals surface area contributed by atoms with Crippen LogP contribution in [-0.2, 0) is 13.0 Å². The van der Waals surface area contributed by atoms with Crippen LogP contribution in [-0.4, -0.2) is 32.7 Å². The number of benzene rings is 1. The summed E-state index contributed by atoms with van der Waals surface area (Å²) < 4.78 is 7.77. The third-order valence-electron chi connectivity index (χ3n) is 4.30. The van der Waals surface area contributed by atoms with E-state index in [9.17, 15) is 0 Å². The lowest BCUT2D eigenvalue weighted by Crippen LogP contribution is -2.07. The van der Waals surface area contributed by atoms with E-state index in [0.717, 1.165) is 47.4 Å². The van der Waals surface area contributed by atoms with Gasteiger partial charge < -0.3 is 20.8 Å². The summed E-state index contributed by atoms with van der Waals surface area (Å²) in [5.74, 6) is 1.37. The molecule has 0 saturated carbocycles. The number of nitrogens with zero attached hydrogens (tertiary/aromatic N) is 4. The SMILES string of the molecule is Cc1cc2c(cc1Sc1nc3c(N)ncnc3n1CCCN)OCC2. The van der Waals surface area contributed by atoms with Crippen LogP contribution in [0, 0.1) is 6.92 Å². The minimum atomic E-state index is 0.396. The van der Waals surface area contributed by atoms with Gasteiger partial charge in [-0.1, -0.05) is 17.8 Å². The van der Waals surface area contributed by atoms with Gasteiger partial charge in [-0.15, -0.1) is 0 Å². The number of nitrogen functional groups attached to an aromatic ring is 1. The molecule has 7 nitrogen and oxygen atoms in total. The molecular formula is C17H20N6OS. The van der Waals surface area contributed by atoms with E-state index in [2.05, 4.69) is 38.6 Å². The summed E-state index contributed by atoms with van der Waals surface area (Å²) in [4.78, 5) is 14.2. The van der Waals surface area contributed by atoms with Gasteiger partial charge in [0.2, 0.25) is 0 Å². The van der Waals surface area contributed by atoms with E-state index >= 15 is 0 Å². The summed E-state index contributed by atoms with van der Waals surface area (Å²) in [7, 11) is 0. The van der Waals surface area contributed by atoms with Crippen LogP contribution in [0.1, 0.15) is 17.5 Å². The summed E-state index contributed by atoms with van der Waals surface area (Å²) >= 11 is 1.60. The van der Waals surface area contributed by atoms with Crippen LogP contribution in [0.25, 0.3) is 11.2 Å². The standard InChI is InChI=1S/C17H20N6OS/c1-10-7-11-3-6-24-12(11)8-13(10)25-17-22-14-15(19)20-9-21-16(14)23(17)5-2-4-18/h7-9H,2-6,18H2,1H3,(H2,19,20,21). The Morgan fingerprint density at radius 3 is 3.04 bits per heavy atom. The number of aryl methyl sites for hydroxylation is 2. The van der Waals surface area contributed by atoms with Crippen molar-refractivity contribution in [3.8, 4) is 5.75 Å². The molecule has 3 heterocycles. The van der Waals surface area contributed by atoms with Crippen molar-refractivity contribution in [2.45, 2.75) is 36.4 Å². The second-order valence-electron chi connectivity index (χ2n) is 6.05. The summed E-state index contributed by atoms with van der Waals surface area (Å²) in [5, 5.41) is 0.844. The lowest BCUT2D eigenvalue weighted by molar-refractivity contribution is 0.356. The highest BCUT2D eigenvalue weighted by atomic mass is 32.2. The molecule has 130 valence electrons. The van der Waals surface area contributed by atoms with E-state index in [1.807, 2.05) is 0 Å². The molecule has 4 N–H and O–H groups in total. The topological polar surface area (TPSA) is 105 Å². The number of aromatic nitrogens is 4. The Bertz CT molecular complexity index is 939. The fourth-order valence-electron chi connectivity index (χ4n) is 3.00. The largest absolute Gasteiger partial charge is 0.493 e. The Labute approximate surface area is 149 Å². The highest BCUT2D eigenvalue weighted by molar-refractivity contribution is 7.99. The van der Waals surface area contributed by atoms with Crippen LogP contribution in [0.4, 0.5) is 5.82 Å². The molecule has 2 aromatic heterocycles. The second kappa shape index (κ2) is 6.53. The van der Waals surface area contributed by atoms with Crippen LogP contribution in [0.2, 0.25) is 0 Å². The van der Waals surface area contributed by atoms with Gasteiger partial charge in [-0.2, -0.15) is 0 Å². The van der Waals surface area contributed by atoms with Gasteiger partial charge in [-0.05, 0) is 37.1 Å². The van der Waals surface area contributed by atoms with Gasteiger partial charge in [0.15, 0.2) is 22.1 Å². The fourth-order valence-corrected chi connectivity index (χ4v) is 4.01. The number of nitrogens with two attached hydrogens (primary N) is 2. The zero-order chi connectivity index (χ0) is 17.4. The third-order valence-corrected chi connectivity index (χ3v) is 5.45. The van der Waals surface area contributed by atoms with Crippen molar-refractivity contribution in [2.24, 2.45) is 5.73 Å². The highest BCUT2D eigenvalue weighted by Gasteiger charge is 2.19. The van der Waals surface area contributed by atoms with Crippen LogP contribution in [0.15, 0.2) is 28.5 Å². The number of imidazole rings is 1. The van der Waals surface area contributed by atoms with Crippen molar-refractivity contribution >= 4 is 28.7 Å². The smallest absolute Gasteiger partial charge is 0.175 e. The number of rotatable bonds is 5. The van der Waals surface area contributed by atoms with Crippen molar-refractivity contribution in [3.05, 3.63) is 29.6 Å². The highest BCUT2D eigenvalue weighted by Crippen LogP contribution is 2.37. The van der Waals surface area contributed by atoms with Crippen molar-refractivity contribution < 1.29 is 4.74 Å². The predicted octanol–water partition coefficient (Wildman–Crippen LogP) is 2.15. The second-order valence-corrected chi connectivity index (χ2v) is 7.05. The molecule has 0 spiro atoms. The molecule has 1 aliphatic heterocycles. The number of anilines is 1. The molecule has 0 radical (unpaired) electrons. The number of ether oxygens (including phenoxy) is 1. The lowest BCUT2D eigenvalue weighted by atomic mass is 10.1. The van der Waals surface area contributed by atoms with Crippen LogP contribution < -0.4 is 16.2 Å². The molecule has 0 aliphatic carbocycles. The lowest BCUT2D eigenvalue weighted by Gasteiger charge is -2.10. The minimum Gasteiger partial charge on any atom is -0.493 e. The average Bonchev–Trinajstić information content (AvgIpc) is 3.18. The molecule has 0 atom stereocenters. The normalized spacial score (nSPS) is 13.2. The molecular weight excluding hydrogens is 336 g/mol. The first-order valence-corrected chi connectivity index (χ1v) is 9.10. The molecule has 1 aromatic carbocycles. The summed E-state index contributed by atoms with van der Waals surface area (Å²) in [6.07, 6.45) is 3.29. The van der Waals surface area contributed by atoms with Gasteiger partial charge in [-0.25, -0.2) is 15.0 Å². The third kappa shape index (κ3) is 2.91. The summed E-state index contributed by atoms with van der Waals surface area (Å²) in [5.41, 5.74) is 15.5. The molecule has 0 amide bonds. The first-order chi connectivity index (χ1) is 12.2. The zero-order valence-corrected chi connectivity index (χ0v) is 14.8. The quantitative estimate of drug-likeness (QED) is 0.721.